The van der Waals surface area contributed by atoms with Gasteiger partial charge in [-0.2, -0.15) is 5.10 Å². The Bertz CT molecular complexity index is 507. The molecule has 0 radical (unpaired) electrons. The molecule has 1 aliphatic carbocycles. The number of hydrogen-bond acceptors (Lipinski definition) is 5. The van der Waals surface area contributed by atoms with Crippen molar-refractivity contribution in [2.24, 2.45) is 5.92 Å². The molecule has 2 heterocycles. The minimum Gasteiger partial charge on any atom is -0.389 e. The van der Waals surface area contributed by atoms with Gasteiger partial charge < -0.3 is 10.0 Å². The highest BCUT2D eigenvalue weighted by Crippen LogP contribution is 2.40. The summed E-state index contributed by atoms with van der Waals surface area (Å²) in [5.41, 5.74) is 1.62. The van der Waals surface area contributed by atoms with E-state index in [4.69, 9.17) is 4.98 Å². The molecule has 116 valence electrons. The number of nitrogens with zero attached hydrogens (tertiary/aromatic N) is 4. The number of rotatable bonds is 3. The second-order valence-corrected chi connectivity index (χ2v) is 6.45. The predicted octanol–water partition coefficient (Wildman–Crippen LogP) is 2.13. The highest BCUT2D eigenvalue weighted by Gasteiger charge is 2.43. The molecule has 1 saturated heterocycles. The summed E-state index contributed by atoms with van der Waals surface area (Å²) in [7, 11) is 0. The molecule has 2 fully saturated rings. The van der Waals surface area contributed by atoms with Crippen LogP contribution in [0.4, 0.5) is 5.95 Å². The van der Waals surface area contributed by atoms with Crippen molar-refractivity contribution in [2.45, 2.75) is 64.4 Å². The first-order valence-electron chi connectivity index (χ1n) is 8.36. The van der Waals surface area contributed by atoms with Gasteiger partial charge in [-0.25, -0.2) is 4.98 Å². The van der Waals surface area contributed by atoms with Crippen LogP contribution < -0.4 is 4.90 Å². The molecule has 5 nitrogen and oxygen atoms in total. The Balaban J connectivity index is 1.79. The van der Waals surface area contributed by atoms with E-state index in [-0.39, 0.29) is 0 Å². The van der Waals surface area contributed by atoms with Crippen LogP contribution in [0.15, 0.2) is 0 Å². The van der Waals surface area contributed by atoms with Gasteiger partial charge in [0.25, 0.3) is 0 Å². The molecule has 3 rings (SSSR count). The van der Waals surface area contributed by atoms with E-state index in [0.717, 1.165) is 69.0 Å². The number of anilines is 1. The molecule has 0 spiro atoms. The smallest absolute Gasteiger partial charge is 0.245 e. The highest BCUT2D eigenvalue weighted by molar-refractivity contribution is 5.32. The Labute approximate surface area is 126 Å². The molecule has 1 aromatic rings. The van der Waals surface area contributed by atoms with Crippen LogP contribution in [0, 0.1) is 5.92 Å². The van der Waals surface area contributed by atoms with Crippen LogP contribution in [-0.2, 0) is 12.8 Å². The predicted molar refractivity (Wildman–Crippen MR) is 82.3 cm³/mol. The molecule has 0 amide bonds. The summed E-state index contributed by atoms with van der Waals surface area (Å²) >= 11 is 0. The number of aryl methyl sites for hydroxylation is 2. The zero-order valence-corrected chi connectivity index (χ0v) is 13.2. The lowest BCUT2D eigenvalue weighted by molar-refractivity contribution is -0.0615. The first kappa shape index (κ1) is 14.7. The molecule has 21 heavy (non-hydrogen) atoms. The molecule has 1 aromatic heterocycles. The van der Waals surface area contributed by atoms with Gasteiger partial charge in [-0.1, -0.05) is 26.7 Å². The average Bonchev–Trinajstić information content (AvgIpc) is 2.53. The van der Waals surface area contributed by atoms with Crippen molar-refractivity contribution in [3.05, 3.63) is 11.4 Å². The standard InChI is InChI=1S/C16H26N4O/c1-3-13-14(4-2)18-19-15(17-13)20-10-9-16(21)8-6-5-7-12(16)11-20/h12,21H,3-11H2,1-2H3. The van der Waals surface area contributed by atoms with Crippen molar-refractivity contribution in [3.63, 3.8) is 0 Å². The van der Waals surface area contributed by atoms with Crippen molar-refractivity contribution in [1.29, 1.82) is 0 Å². The van der Waals surface area contributed by atoms with E-state index in [9.17, 15) is 5.11 Å². The van der Waals surface area contributed by atoms with Gasteiger partial charge >= 0.3 is 0 Å². The molecule has 2 aliphatic rings. The van der Waals surface area contributed by atoms with Gasteiger partial charge in [-0.15, -0.1) is 5.10 Å². The topological polar surface area (TPSA) is 62.1 Å². The number of piperidine rings is 1. The van der Waals surface area contributed by atoms with Gasteiger partial charge in [0.2, 0.25) is 5.95 Å². The van der Waals surface area contributed by atoms with Crippen molar-refractivity contribution in [3.8, 4) is 0 Å². The zero-order chi connectivity index (χ0) is 14.9. The maximum Gasteiger partial charge on any atom is 0.245 e. The molecular formula is C16H26N4O. The number of aliphatic hydroxyl groups is 1. The summed E-state index contributed by atoms with van der Waals surface area (Å²) in [6.45, 7) is 5.91. The first-order valence-corrected chi connectivity index (χ1v) is 8.36. The summed E-state index contributed by atoms with van der Waals surface area (Å²) in [5.74, 6) is 1.11. The van der Waals surface area contributed by atoms with Gasteiger partial charge in [0.05, 0.1) is 17.0 Å². The van der Waals surface area contributed by atoms with Crippen molar-refractivity contribution in [1.82, 2.24) is 15.2 Å². The van der Waals surface area contributed by atoms with E-state index < -0.39 is 5.60 Å². The van der Waals surface area contributed by atoms with E-state index in [1.807, 2.05) is 0 Å². The van der Waals surface area contributed by atoms with Crippen molar-refractivity contribution >= 4 is 5.95 Å². The minimum absolute atomic E-state index is 0.361. The fraction of sp³-hybridized carbons (Fsp3) is 0.812. The van der Waals surface area contributed by atoms with Crippen LogP contribution in [0.5, 0.6) is 0 Å². The average molecular weight is 290 g/mol. The lowest BCUT2D eigenvalue weighted by atomic mass is 9.71. The molecule has 2 atom stereocenters. The van der Waals surface area contributed by atoms with E-state index >= 15 is 0 Å². The van der Waals surface area contributed by atoms with Crippen molar-refractivity contribution < 1.29 is 5.11 Å². The summed E-state index contributed by atoms with van der Waals surface area (Å²) < 4.78 is 0. The van der Waals surface area contributed by atoms with Crippen LogP contribution in [0.1, 0.15) is 57.3 Å². The Morgan fingerprint density at radius 2 is 1.95 bits per heavy atom. The summed E-state index contributed by atoms with van der Waals surface area (Å²) in [6.07, 6.45) is 7.08. The second-order valence-electron chi connectivity index (χ2n) is 6.45. The third-order valence-corrected chi connectivity index (χ3v) is 5.21. The third-order valence-electron chi connectivity index (χ3n) is 5.21. The number of aromatic nitrogens is 3. The second kappa shape index (κ2) is 5.87. The molecule has 0 bridgehead atoms. The van der Waals surface area contributed by atoms with E-state index in [1.165, 1.54) is 6.42 Å². The number of fused-ring (bicyclic) bond motifs is 1. The Hall–Kier alpha value is -1.23. The molecule has 0 aromatic carbocycles. The Kier molecular flexibility index (Phi) is 4.11. The van der Waals surface area contributed by atoms with Gasteiger partial charge in [0.1, 0.15) is 0 Å². The molecule has 1 saturated carbocycles. The Morgan fingerprint density at radius 1 is 1.14 bits per heavy atom. The van der Waals surface area contributed by atoms with Gasteiger partial charge in [-0.05, 0) is 32.1 Å². The Morgan fingerprint density at radius 3 is 2.71 bits per heavy atom. The van der Waals surface area contributed by atoms with Crippen LogP contribution in [0.3, 0.4) is 0 Å². The first-order chi connectivity index (χ1) is 10.2. The SMILES string of the molecule is CCc1nnc(N2CCC3(O)CCCCC3C2)nc1CC. The van der Waals surface area contributed by atoms with Gasteiger partial charge in [0.15, 0.2) is 0 Å². The maximum absolute atomic E-state index is 10.8. The van der Waals surface area contributed by atoms with E-state index in [2.05, 4.69) is 28.9 Å². The molecular weight excluding hydrogens is 264 g/mol. The monoisotopic (exact) mass is 290 g/mol. The summed E-state index contributed by atoms with van der Waals surface area (Å²) in [4.78, 5) is 6.94. The van der Waals surface area contributed by atoms with Gasteiger partial charge in [-0.3, -0.25) is 0 Å². The molecule has 1 N–H and O–H groups in total. The summed E-state index contributed by atoms with van der Waals surface area (Å²) in [5, 5.41) is 19.4. The lowest BCUT2D eigenvalue weighted by Gasteiger charge is -2.47. The van der Waals surface area contributed by atoms with Crippen molar-refractivity contribution in [2.75, 3.05) is 18.0 Å². The van der Waals surface area contributed by atoms with E-state index in [0.29, 0.717) is 5.92 Å². The van der Waals surface area contributed by atoms with E-state index in [1.54, 1.807) is 0 Å². The highest BCUT2D eigenvalue weighted by atomic mass is 16.3. The van der Waals surface area contributed by atoms with Crippen LogP contribution >= 0.6 is 0 Å². The largest absolute Gasteiger partial charge is 0.389 e. The normalized spacial score (nSPS) is 29.3. The summed E-state index contributed by atoms with van der Waals surface area (Å²) in [6, 6.07) is 0. The fourth-order valence-electron chi connectivity index (χ4n) is 3.81. The van der Waals surface area contributed by atoms with Crippen LogP contribution in [0.25, 0.3) is 0 Å². The maximum atomic E-state index is 10.8. The lowest BCUT2D eigenvalue weighted by Crippen LogP contribution is -2.53. The van der Waals surface area contributed by atoms with Crippen LogP contribution in [0.2, 0.25) is 0 Å². The van der Waals surface area contributed by atoms with Crippen LogP contribution in [-0.4, -0.2) is 39.0 Å². The number of hydrogen-bond donors (Lipinski definition) is 1. The van der Waals surface area contributed by atoms with Gasteiger partial charge in [0, 0.05) is 19.0 Å². The fourth-order valence-corrected chi connectivity index (χ4v) is 3.81. The molecule has 5 heteroatoms. The molecule has 2 unspecified atom stereocenters. The quantitative estimate of drug-likeness (QED) is 0.924. The zero-order valence-electron chi connectivity index (χ0n) is 13.2. The molecule has 1 aliphatic heterocycles. The third kappa shape index (κ3) is 2.76. The minimum atomic E-state index is -0.445.